The van der Waals surface area contributed by atoms with Gasteiger partial charge in [0.1, 0.15) is 0 Å². The van der Waals surface area contributed by atoms with E-state index in [1.54, 1.807) is 0 Å². The van der Waals surface area contributed by atoms with E-state index in [2.05, 4.69) is 20.4 Å². The fourth-order valence-electron chi connectivity index (χ4n) is 4.75. The van der Waals surface area contributed by atoms with Gasteiger partial charge in [-0.2, -0.15) is 0 Å². The van der Waals surface area contributed by atoms with E-state index in [9.17, 15) is 4.79 Å². The molecule has 0 unspecified atom stereocenters. The van der Waals surface area contributed by atoms with Gasteiger partial charge in [-0.05, 0) is 18.9 Å². The van der Waals surface area contributed by atoms with Gasteiger partial charge in [0.15, 0.2) is 0 Å². The molecule has 0 bridgehead atoms. The first-order chi connectivity index (χ1) is 16.3. The number of hydrogen-bond acceptors (Lipinski definition) is 1. The van der Waals surface area contributed by atoms with Crippen LogP contribution in [-0.4, -0.2) is 23.9 Å². The molecule has 0 aliphatic carbocycles. The van der Waals surface area contributed by atoms with Crippen molar-refractivity contribution < 1.29 is 4.79 Å². The minimum absolute atomic E-state index is 0.126. The molecule has 0 spiro atoms. The predicted molar refractivity (Wildman–Crippen MR) is 149 cm³/mol. The van der Waals surface area contributed by atoms with Crippen LogP contribution in [0.1, 0.15) is 168 Å². The lowest BCUT2D eigenvalue weighted by atomic mass is 10.0. The summed E-state index contributed by atoms with van der Waals surface area (Å²) in [6.07, 6.45) is 34.2. The maximum atomic E-state index is 12.2. The predicted octanol–water partition coefficient (Wildman–Crippen LogP) is 10.4. The quantitative estimate of drug-likeness (QED) is 0.0876. The van der Waals surface area contributed by atoms with Crippen molar-refractivity contribution >= 4 is 5.91 Å². The third-order valence-electron chi connectivity index (χ3n) is 7.05. The van der Waals surface area contributed by atoms with Gasteiger partial charge in [-0.15, -0.1) is 0 Å². The van der Waals surface area contributed by atoms with Crippen LogP contribution in [0.5, 0.6) is 0 Å². The second-order valence-corrected chi connectivity index (χ2v) is 10.3. The Labute approximate surface area is 209 Å². The monoisotopic (exact) mass is 463 g/mol. The summed E-state index contributed by atoms with van der Waals surface area (Å²) in [6.45, 7) is 10.1. The molecule has 0 aromatic heterocycles. The lowest BCUT2D eigenvalue weighted by Gasteiger charge is -2.21. The molecule has 2 nitrogen and oxygen atoms in total. The molecule has 0 radical (unpaired) electrons. The summed E-state index contributed by atoms with van der Waals surface area (Å²) in [6, 6.07) is 0. The van der Waals surface area contributed by atoms with Crippen LogP contribution in [0.3, 0.4) is 0 Å². The van der Waals surface area contributed by atoms with Crippen molar-refractivity contribution in [2.75, 3.05) is 13.1 Å². The molecule has 2 heteroatoms. The second kappa shape index (κ2) is 27.5. The molecular formula is C31H61NO. The Morgan fingerprint density at radius 2 is 0.727 bits per heavy atom. The Bertz CT molecular complexity index is 378. The highest BCUT2D eigenvalue weighted by Gasteiger charge is 2.09. The maximum absolute atomic E-state index is 12.2. The van der Waals surface area contributed by atoms with E-state index in [1.165, 1.54) is 147 Å². The number of amides is 1. The average molecular weight is 464 g/mol. The number of nitrogens with zero attached hydrogens (tertiary/aromatic N) is 1. The van der Waals surface area contributed by atoms with Crippen LogP contribution in [0.2, 0.25) is 0 Å². The molecule has 0 rings (SSSR count). The zero-order chi connectivity index (χ0) is 24.2. The number of unbranched alkanes of at least 4 members (excludes halogenated alkanes) is 22. The van der Waals surface area contributed by atoms with E-state index in [-0.39, 0.29) is 5.91 Å². The van der Waals surface area contributed by atoms with Gasteiger partial charge in [-0.25, -0.2) is 0 Å². The van der Waals surface area contributed by atoms with Crippen molar-refractivity contribution in [2.24, 2.45) is 0 Å². The van der Waals surface area contributed by atoms with Crippen LogP contribution < -0.4 is 0 Å². The molecule has 0 atom stereocenters. The van der Waals surface area contributed by atoms with Crippen molar-refractivity contribution in [1.29, 1.82) is 0 Å². The van der Waals surface area contributed by atoms with Gasteiger partial charge in [-0.3, -0.25) is 4.79 Å². The van der Waals surface area contributed by atoms with Gasteiger partial charge >= 0.3 is 0 Å². The SMILES string of the molecule is C=CC(=O)N(CCCCCCCCCCCCCC)CCCCCCCCCCCCCC. The minimum Gasteiger partial charge on any atom is -0.339 e. The van der Waals surface area contributed by atoms with Crippen LogP contribution >= 0.6 is 0 Å². The number of hydrogen-bond donors (Lipinski definition) is 0. The largest absolute Gasteiger partial charge is 0.339 e. The van der Waals surface area contributed by atoms with Gasteiger partial charge in [0.05, 0.1) is 0 Å². The molecule has 0 aliphatic rings. The summed E-state index contributed by atoms with van der Waals surface area (Å²) in [5.74, 6) is 0.126. The molecule has 0 aliphatic heterocycles. The minimum atomic E-state index is 0.126. The molecule has 0 heterocycles. The molecule has 0 saturated heterocycles. The van der Waals surface area contributed by atoms with Crippen molar-refractivity contribution in [3.8, 4) is 0 Å². The van der Waals surface area contributed by atoms with Crippen molar-refractivity contribution in [1.82, 2.24) is 4.90 Å². The average Bonchev–Trinajstić information content (AvgIpc) is 2.83. The highest BCUT2D eigenvalue weighted by Crippen LogP contribution is 2.14. The van der Waals surface area contributed by atoms with Crippen LogP contribution in [0, 0.1) is 0 Å². The molecule has 0 saturated carbocycles. The van der Waals surface area contributed by atoms with E-state index in [4.69, 9.17) is 0 Å². The number of carbonyl (C=O) groups excluding carboxylic acids is 1. The fourth-order valence-corrected chi connectivity index (χ4v) is 4.75. The summed E-state index contributed by atoms with van der Waals surface area (Å²) in [5.41, 5.74) is 0. The van der Waals surface area contributed by atoms with Gasteiger partial charge in [0, 0.05) is 13.1 Å². The molecule has 0 fully saturated rings. The Morgan fingerprint density at radius 3 is 0.970 bits per heavy atom. The molecule has 0 aromatic rings. The van der Waals surface area contributed by atoms with Gasteiger partial charge in [0.25, 0.3) is 0 Å². The Kier molecular flexibility index (Phi) is 26.8. The van der Waals surface area contributed by atoms with Crippen LogP contribution in [0.15, 0.2) is 12.7 Å². The fraction of sp³-hybridized carbons (Fsp3) is 0.903. The Morgan fingerprint density at radius 1 is 0.485 bits per heavy atom. The van der Waals surface area contributed by atoms with Gasteiger partial charge in [0.2, 0.25) is 5.91 Å². The molecule has 0 N–H and O–H groups in total. The summed E-state index contributed by atoms with van der Waals surface area (Å²) in [5, 5.41) is 0. The highest BCUT2D eigenvalue weighted by molar-refractivity contribution is 5.86. The van der Waals surface area contributed by atoms with Crippen LogP contribution in [-0.2, 0) is 4.79 Å². The van der Waals surface area contributed by atoms with Gasteiger partial charge in [-0.1, -0.05) is 162 Å². The second-order valence-electron chi connectivity index (χ2n) is 10.3. The zero-order valence-electron chi connectivity index (χ0n) is 23.0. The third-order valence-corrected chi connectivity index (χ3v) is 7.05. The third kappa shape index (κ3) is 24.1. The Balaban J connectivity index is 3.55. The Hall–Kier alpha value is -0.790. The van der Waals surface area contributed by atoms with E-state index in [0.29, 0.717) is 0 Å². The molecular weight excluding hydrogens is 402 g/mol. The standard InChI is InChI=1S/C31H61NO/c1-4-7-9-11-13-15-17-19-21-23-25-27-29-32(31(33)6-3)30-28-26-24-22-20-18-16-14-12-10-8-5-2/h6H,3-5,7-30H2,1-2H3. The first-order valence-electron chi connectivity index (χ1n) is 15.2. The summed E-state index contributed by atoms with van der Waals surface area (Å²) in [4.78, 5) is 14.2. The van der Waals surface area contributed by atoms with E-state index < -0.39 is 0 Å². The van der Waals surface area contributed by atoms with E-state index >= 15 is 0 Å². The summed E-state index contributed by atoms with van der Waals surface area (Å²) < 4.78 is 0. The topological polar surface area (TPSA) is 20.3 Å². The maximum Gasteiger partial charge on any atom is 0.245 e. The van der Waals surface area contributed by atoms with Gasteiger partial charge < -0.3 is 4.90 Å². The molecule has 196 valence electrons. The van der Waals surface area contributed by atoms with Crippen molar-refractivity contribution in [3.05, 3.63) is 12.7 Å². The first-order valence-corrected chi connectivity index (χ1v) is 15.2. The first kappa shape index (κ1) is 32.2. The van der Waals surface area contributed by atoms with E-state index in [0.717, 1.165) is 25.9 Å². The normalized spacial score (nSPS) is 11.1. The molecule has 1 amide bonds. The summed E-state index contributed by atoms with van der Waals surface area (Å²) >= 11 is 0. The number of carbonyl (C=O) groups is 1. The van der Waals surface area contributed by atoms with E-state index in [1.807, 2.05) is 4.90 Å². The van der Waals surface area contributed by atoms with Crippen LogP contribution in [0.25, 0.3) is 0 Å². The lowest BCUT2D eigenvalue weighted by Crippen LogP contribution is -2.31. The van der Waals surface area contributed by atoms with Crippen molar-refractivity contribution in [3.63, 3.8) is 0 Å². The molecule has 0 aromatic carbocycles. The highest BCUT2D eigenvalue weighted by atomic mass is 16.2. The lowest BCUT2D eigenvalue weighted by molar-refractivity contribution is -0.126. The summed E-state index contributed by atoms with van der Waals surface area (Å²) in [7, 11) is 0. The molecule has 33 heavy (non-hydrogen) atoms. The van der Waals surface area contributed by atoms with Crippen LogP contribution in [0.4, 0.5) is 0 Å². The zero-order valence-corrected chi connectivity index (χ0v) is 23.0. The number of rotatable bonds is 27. The van der Waals surface area contributed by atoms with Crippen molar-refractivity contribution in [2.45, 2.75) is 168 Å². The smallest absolute Gasteiger partial charge is 0.245 e.